The number of aromatic hydroxyl groups is 1. The van der Waals surface area contributed by atoms with Crippen molar-refractivity contribution < 1.29 is 9.90 Å². The zero-order valence-electron chi connectivity index (χ0n) is 10.0. The van der Waals surface area contributed by atoms with E-state index in [1.54, 1.807) is 0 Å². The SMILES string of the molecule is NC1CCC(NC(=O)c2cc(O)ccc2Cl)CC1. The Kier molecular flexibility index (Phi) is 4.09. The molecule has 5 heteroatoms. The molecule has 4 nitrogen and oxygen atoms in total. The number of carbonyl (C=O) groups excluding carboxylic acids is 1. The van der Waals surface area contributed by atoms with Crippen LogP contribution in [0.15, 0.2) is 18.2 Å². The van der Waals surface area contributed by atoms with E-state index in [-0.39, 0.29) is 23.7 Å². The minimum absolute atomic E-state index is 0.0372. The van der Waals surface area contributed by atoms with E-state index in [0.29, 0.717) is 10.6 Å². The van der Waals surface area contributed by atoms with Gasteiger partial charge in [0.1, 0.15) is 5.75 Å². The maximum Gasteiger partial charge on any atom is 0.253 e. The van der Waals surface area contributed by atoms with E-state index in [1.807, 2.05) is 0 Å². The van der Waals surface area contributed by atoms with E-state index < -0.39 is 0 Å². The van der Waals surface area contributed by atoms with Crippen LogP contribution in [0, 0.1) is 0 Å². The summed E-state index contributed by atoms with van der Waals surface area (Å²) < 4.78 is 0. The molecule has 1 fully saturated rings. The molecule has 0 unspecified atom stereocenters. The lowest BCUT2D eigenvalue weighted by Gasteiger charge is -2.26. The van der Waals surface area contributed by atoms with Crippen LogP contribution in [0.5, 0.6) is 5.75 Å². The molecule has 1 aromatic carbocycles. The summed E-state index contributed by atoms with van der Waals surface area (Å²) in [6.45, 7) is 0. The van der Waals surface area contributed by atoms with Gasteiger partial charge in [0.25, 0.3) is 5.91 Å². The molecule has 18 heavy (non-hydrogen) atoms. The Labute approximate surface area is 111 Å². The topological polar surface area (TPSA) is 75.3 Å². The van der Waals surface area contributed by atoms with E-state index in [0.717, 1.165) is 25.7 Å². The summed E-state index contributed by atoms with van der Waals surface area (Å²) in [5, 5.41) is 12.7. The number of nitrogens with two attached hydrogens (primary N) is 1. The molecule has 0 bridgehead atoms. The van der Waals surface area contributed by atoms with Crippen molar-refractivity contribution in [3.63, 3.8) is 0 Å². The summed E-state index contributed by atoms with van der Waals surface area (Å²) in [4.78, 5) is 12.0. The third-order valence-electron chi connectivity index (χ3n) is 3.30. The fourth-order valence-corrected chi connectivity index (χ4v) is 2.42. The normalized spacial score (nSPS) is 23.7. The molecule has 0 aliphatic heterocycles. The lowest BCUT2D eigenvalue weighted by molar-refractivity contribution is 0.0925. The number of nitrogens with one attached hydrogen (secondary N) is 1. The molecule has 1 aromatic rings. The second-order valence-electron chi connectivity index (χ2n) is 4.75. The molecule has 1 amide bonds. The first kappa shape index (κ1) is 13.2. The van der Waals surface area contributed by atoms with Gasteiger partial charge >= 0.3 is 0 Å². The van der Waals surface area contributed by atoms with Crippen LogP contribution in [0.25, 0.3) is 0 Å². The number of benzene rings is 1. The summed E-state index contributed by atoms with van der Waals surface area (Å²) in [6, 6.07) is 4.76. The smallest absolute Gasteiger partial charge is 0.253 e. The average molecular weight is 269 g/mol. The number of phenolic OH excluding ortho intramolecular Hbond substituents is 1. The molecular formula is C13H17ClN2O2. The molecule has 2 rings (SSSR count). The monoisotopic (exact) mass is 268 g/mol. The van der Waals surface area contributed by atoms with Crippen LogP contribution >= 0.6 is 11.6 Å². The number of halogens is 1. The van der Waals surface area contributed by atoms with E-state index >= 15 is 0 Å². The lowest BCUT2D eigenvalue weighted by atomic mass is 9.91. The van der Waals surface area contributed by atoms with Crippen LogP contribution in [-0.2, 0) is 0 Å². The van der Waals surface area contributed by atoms with Gasteiger partial charge in [0.15, 0.2) is 0 Å². The van der Waals surface area contributed by atoms with Gasteiger partial charge in [-0.1, -0.05) is 11.6 Å². The highest BCUT2D eigenvalue weighted by molar-refractivity contribution is 6.33. The minimum Gasteiger partial charge on any atom is -0.508 e. The van der Waals surface area contributed by atoms with Gasteiger partial charge in [-0.3, -0.25) is 4.79 Å². The van der Waals surface area contributed by atoms with Crippen molar-refractivity contribution in [2.24, 2.45) is 5.73 Å². The number of hydrogen-bond donors (Lipinski definition) is 3. The van der Waals surface area contributed by atoms with E-state index in [4.69, 9.17) is 17.3 Å². The molecule has 0 radical (unpaired) electrons. The van der Waals surface area contributed by atoms with Gasteiger partial charge in [-0.2, -0.15) is 0 Å². The first-order valence-electron chi connectivity index (χ1n) is 6.11. The van der Waals surface area contributed by atoms with Gasteiger partial charge in [0.2, 0.25) is 0 Å². The number of hydrogen-bond acceptors (Lipinski definition) is 3. The van der Waals surface area contributed by atoms with Crippen LogP contribution in [-0.4, -0.2) is 23.1 Å². The molecular weight excluding hydrogens is 252 g/mol. The number of carbonyl (C=O) groups is 1. The zero-order chi connectivity index (χ0) is 13.1. The highest BCUT2D eigenvalue weighted by Crippen LogP contribution is 2.22. The quantitative estimate of drug-likeness (QED) is 0.768. The van der Waals surface area contributed by atoms with Gasteiger partial charge in [0, 0.05) is 12.1 Å². The highest BCUT2D eigenvalue weighted by atomic mass is 35.5. The van der Waals surface area contributed by atoms with Crippen molar-refractivity contribution in [3.05, 3.63) is 28.8 Å². The first-order valence-corrected chi connectivity index (χ1v) is 6.49. The second kappa shape index (κ2) is 5.59. The average Bonchev–Trinajstić information content (AvgIpc) is 2.35. The lowest BCUT2D eigenvalue weighted by Crippen LogP contribution is -2.40. The molecule has 0 heterocycles. The van der Waals surface area contributed by atoms with Gasteiger partial charge in [-0.05, 0) is 43.9 Å². The van der Waals surface area contributed by atoms with Crippen molar-refractivity contribution >= 4 is 17.5 Å². The molecule has 0 saturated heterocycles. The molecule has 1 aliphatic carbocycles. The zero-order valence-corrected chi connectivity index (χ0v) is 10.8. The van der Waals surface area contributed by atoms with E-state index in [1.165, 1.54) is 18.2 Å². The Bertz CT molecular complexity index is 443. The van der Waals surface area contributed by atoms with Crippen LogP contribution in [0.2, 0.25) is 5.02 Å². The Morgan fingerprint density at radius 1 is 1.33 bits per heavy atom. The van der Waals surface area contributed by atoms with Crippen molar-refractivity contribution in [2.75, 3.05) is 0 Å². The molecule has 0 atom stereocenters. The van der Waals surface area contributed by atoms with Crippen LogP contribution in [0.3, 0.4) is 0 Å². The summed E-state index contributed by atoms with van der Waals surface area (Å²) in [7, 11) is 0. The Hall–Kier alpha value is -1.26. The second-order valence-corrected chi connectivity index (χ2v) is 5.16. The third kappa shape index (κ3) is 3.15. The molecule has 1 saturated carbocycles. The largest absolute Gasteiger partial charge is 0.508 e. The van der Waals surface area contributed by atoms with Crippen molar-refractivity contribution in [1.82, 2.24) is 5.32 Å². The van der Waals surface area contributed by atoms with Gasteiger partial charge in [0.05, 0.1) is 10.6 Å². The fraction of sp³-hybridized carbons (Fsp3) is 0.462. The summed E-state index contributed by atoms with van der Waals surface area (Å²) in [5.74, 6) is -0.202. The number of phenols is 1. The van der Waals surface area contributed by atoms with Crippen LogP contribution in [0.1, 0.15) is 36.0 Å². The maximum atomic E-state index is 12.0. The van der Waals surface area contributed by atoms with Gasteiger partial charge < -0.3 is 16.2 Å². The predicted molar refractivity (Wildman–Crippen MR) is 70.8 cm³/mol. The minimum atomic E-state index is -0.239. The van der Waals surface area contributed by atoms with Crippen LogP contribution in [0.4, 0.5) is 0 Å². The maximum absolute atomic E-state index is 12.0. The van der Waals surface area contributed by atoms with Crippen molar-refractivity contribution in [2.45, 2.75) is 37.8 Å². The standard InChI is InChI=1S/C13H17ClN2O2/c14-12-6-5-10(17)7-11(12)13(18)16-9-3-1-8(15)2-4-9/h5-9,17H,1-4,15H2,(H,16,18). The predicted octanol–water partition coefficient (Wildman–Crippen LogP) is 2.05. The molecule has 98 valence electrons. The molecule has 4 N–H and O–H groups in total. The van der Waals surface area contributed by atoms with Gasteiger partial charge in [-0.15, -0.1) is 0 Å². The van der Waals surface area contributed by atoms with Crippen molar-refractivity contribution in [3.8, 4) is 5.75 Å². The Balaban J connectivity index is 2.01. The van der Waals surface area contributed by atoms with Crippen molar-refractivity contribution in [1.29, 1.82) is 0 Å². The fourth-order valence-electron chi connectivity index (χ4n) is 2.21. The van der Waals surface area contributed by atoms with Crippen LogP contribution < -0.4 is 11.1 Å². The molecule has 0 aromatic heterocycles. The Morgan fingerprint density at radius 2 is 2.00 bits per heavy atom. The molecule has 0 spiro atoms. The molecule has 1 aliphatic rings. The van der Waals surface area contributed by atoms with Gasteiger partial charge in [-0.25, -0.2) is 0 Å². The Morgan fingerprint density at radius 3 is 2.67 bits per heavy atom. The van der Waals surface area contributed by atoms with E-state index in [2.05, 4.69) is 5.32 Å². The summed E-state index contributed by atoms with van der Waals surface area (Å²) >= 11 is 5.94. The number of amides is 1. The summed E-state index contributed by atoms with van der Waals surface area (Å²) in [5.41, 5.74) is 6.13. The highest BCUT2D eigenvalue weighted by Gasteiger charge is 2.21. The van der Waals surface area contributed by atoms with E-state index in [9.17, 15) is 9.90 Å². The number of rotatable bonds is 2. The summed E-state index contributed by atoms with van der Waals surface area (Å²) in [6.07, 6.45) is 3.64. The third-order valence-corrected chi connectivity index (χ3v) is 3.63. The first-order chi connectivity index (χ1) is 8.56.